The number of ether oxygens (including phenoxy) is 3. The number of nitrogens with zero attached hydrogens (tertiary/aromatic N) is 1. The maximum atomic E-state index is 12.9. The van der Waals surface area contributed by atoms with Crippen molar-refractivity contribution in [3.8, 4) is 17.2 Å². The number of amides is 1. The number of esters is 1. The van der Waals surface area contributed by atoms with E-state index in [-0.39, 0.29) is 12.4 Å². The summed E-state index contributed by atoms with van der Waals surface area (Å²) >= 11 is 0. The molecule has 8 heteroatoms. The molecule has 0 saturated heterocycles. The number of rotatable bonds is 11. The van der Waals surface area contributed by atoms with Crippen LogP contribution in [0.15, 0.2) is 77.9 Å². The Hall–Kier alpha value is -4.20. The summed E-state index contributed by atoms with van der Waals surface area (Å²) in [5.74, 6) is 0.138. The number of hydrazone groups is 1. The molecule has 0 radical (unpaired) electrons. The summed E-state index contributed by atoms with van der Waals surface area (Å²) in [5.41, 5.74) is 3.44. The predicted molar refractivity (Wildman–Crippen MR) is 126 cm³/mol. The van der Waals surface area contributed by atoms with Crippen LogP contribution in [0.5, 0.6) is 17.2 Å². The molecule has 0 atom stereocenters. The number of benzene rings is 3. The lowest BCUT2D eigenvalue weighted by atomic mass is 10.2. The minimum atomic E-state index is -0.477. The molecular formula is C26H25FN2O5. The molecule has 34 heavy (non-hydrogen) atoms. The molecule has 0 saturated carbocycles. The number of hydrogen-bond acceptors (Lipinski definition) is 6. The average Bonchev–Trinajstić information content (AvgIpc) is 2.85. The number of hydrogen-bond donors (Lipinski definition) is 1. The quantitative estimate of drug-likeness (QED) is 0.145. The minimum Gasteiger partial charge on any atom is -0.494 e. The first kappa shape index (κ1) is 24.4. The fourth-order valence-electron chi connectivity index (χ4n) is 2.70. The van der Waals surface area contributed by atoms with Gasteiger partial charge in [0.15, 0.2) is 6.61 Å². The fourth-order valence-corrected chi connectivity index (χ4v) is 2.70. The van der Waals surface area contributed by atoms with Crippen molar-refractivity contribution in [2.45, 2.75) is 19.8 Å². The van der Waals surface area contributed by atoms with E-state index >= 15 is 0 Å². The number of carbonyl (C=O) groups is 2. The summed E-state index contributed by atoms with van der Waals surface area (Å²) in [5, 5.41) is 3.86. The van der Waals surface area contributed by atoms with E-state index in [1.807, 2.05) is 0 Å². The van der Waals surface area contributed by atoms with Crippen molar-refractivity contribution in [1.29, 1.82) is 0 Å². The second-order valence-corrected chi connectivity index (χ2v) is 7.22. The number of carbonyl (C=O) groups excluding carboxylic acids is 2. The highest BCUT2D eigenvalue weighted by atomic mass is 19.1. The molecule has 0 heterocycles. The third kappa shape index (κ3) is 8.05. The van der Waals surface area contributed by atoms with Gasteiger partial charge in [-0.25, -0.2) is 14.6 Å². The molecule has 1 amide bonds. The molecule has 1 N–H and O–H groups in total. The van der Waals surface area contributed by atoms with Crippen LogP contribution in [-0.2, 0) is 4.79 Å². The molecule has 176 valence electrons. The topological polar surface area (TPSA) is 86.2 Å². The van der Waals surface area contributed by atoms with Gasteiger partial charge in [0.25, 0.3) is 5.91 Å². The molecule has 0 unspecified atom stereocenters. The molecule has 0 spiro atoms. The molecular weight excluding hydrogens is 439 g/mol. The van der Waals surface area contributed by atoms with Gasteiger partial charge < -0.3 is 14.2 Å². The van der Waals surface area contributed by atoms with Gasteiger partial charge in [-0.2, -0.15) is 5.10 Å². The largest absolute Gasteiger partial charge is 0.494 e. The summed E-state index contributed by atoms with van der Waals surface area (Å²) in [6.45, 7) is 2.47. The van der Waals surface area contributed by atoms with E-state index < -0.39 is 11.9 Å². The van der Waals surface area contributed by atoms with E-state index in [4.69, 9.17) is 14.2 Å². The smallest absolute Gasteiger partial charge is 0.343 e. The normalized spacial score (nSPS) is 10.6. The molecule has 0 aliphatic carbocycles. The van der Waals surface area contributed by atoms with Crippen LogP contribution >= 0.6 is 0 Å². The summed E-state index contributed by atoms with van der Waals surface area (Å²) in [4.78, 5) is 24.1. The van der Waals surface area contributed by atoms with Crippen LogP contribution in [0.25, 0.3) is 0 Å². The Morgan fingerprint density at radius 2 is 1.50 bits per heavy atom. The zero-order valence-corrected chi connectivity index (χ0v) is 18.7. The van der Waals surface area contributed by atoms with Crippen LogP contribution in [0.3, 0.4) is 0 Å². The van der Waals surface area contributed by atoms with Crippen LogP contribution < -0.4 is 19.6 Å². The first-order valence-electron chi connectivity index (χ1n) is 10.8. The van der Waals surface area contributed by atoms with Gasteiger partial charge in [0, 0.05) is 0 Å². The first-order chi connectivity index (χ1) is 16.5. The van der Waals surface area contributed by atoms with Crippen molar-refractivity contribution in [2.24, 2.45) is 5.10 Å². The lowest BCUT2D eigenvalue weighted by Gasteiger charge is -2.07. The Bertz CT molecular complexity index is 1100. The molecule has 0 aliphatic rings. The summed E-state index contributed by atoms with van der Waals surface area (Å²) < 4.78 is 29.1. The van der Waals surface area contributed by atoms with E-state index in [9.17, 15) is 14.0 Å². The first-order valence-corrected chi connectivity index (χ1v) is 10.8. The van der Waals surface area contributed by atoms with Gasteiger partial charge in [-0.05, 0) is 84.8 Å². The maximum Gasteiger partial charge on any atom is 0.343 e. The summed E-state index contributed by atoms with van der Waals surface area (Å²) in [6, 6.07) is 18.8. The summed E-state index contributed by atoms with van der Waals surface area (Å²) in [7, 11) is 0. The third-order valence-electron chi connectivity index (χ3n) is 4.53. The Labute approximate surface area is 197 Å². The zero-order valence-electron chi connectivity index (χ0n) is 18.7. The lowest BCUT2D eigenvalue weighted by Crippen LogP contribution is -2.24. The Morgan fingerprint density at radius 3 is 2.18 bits per heavy atom. The molecule has 0 aromatic heterocycles. The fraction of sp³-hybridized carbons (Fsp3) is 0.192. The molecule has 0 bridgehead atoms. The standard InChI is InChI=1S/C26H25FN2O5/c1-2-3-16-32-22-12-6-20(7-13-22)26(31)34-24-10-4-19(5-11-24)17-28-29-25(30)18-33-23-14-8-21(27)9-15-23/h4-15,17H,2-3,16,18H2,1H3,(H,29,30)/b28-17-. The number of unbranched alkanes of at least 4 members (excludes halogenated alkanes) is 1. The number of halogens is 1. The molecule has 3 aromatic carbocycles. The average molecular weight is 464 g/mol. The van der Waals surface area contributed by atoms with Crippen LogP contribution in [-0.4, -0.2) is 31.3 Å². The van der Waals surface area contributed by atoms with Gasteiger partial charge in [-0.3, -0.25) is 4.79 Å². The molecule has 0 aliphatic heterocycles. The van der Waals surface area contributed by atoms with Gasteiger partial charge in [0.2, 0.25) is 0 Å². The van der Waals surface area contributed by atoms with Crippen molar-refractivity contribution < 1.29 is 28.2 Å². The second kappa shape index (κ2) is 12.7. The molecule has 3 aromatic rings. The van der Waals surface area contributed by atoms with E-state index in [1.165, 1.54) is 30.5 Å². The van der Waals surface area contributed by atoms with Crippen molar-refractivity contribution in [3.05, 3.63) is 89.7 Å². The highest BCUT2D eigenvalue weighted by Gasteiger charge is 2.09. The Kier molecular flexibility index (Phi) is 9.16. The monoisotopic (exact) mass is 464 g/mol. The number of nitrogens with one attached hydrogen (secondary N) is 1. The zero-order chi connectivity index (χ0) is 24.2. The van der Waals surface area contributed by atoms with Crippen molar-refractivity contribution >= 4 is 18.1 Å². The molecule has 7 nitrogen and oxygen atoms in total. The Morgan fingerprint density at radius 1 is 0.882 bits per heavy atom. The summed E-state index contributed by atoms with van der Waals surface area (Å²) in [6.07, 6.45) is 3.47. The van der Waals surface area contributed by atoms with Crippen LogP contribution in [0.1, 0.15) is 35.7 Å². The van der Waals surface area contributed by atoms with Gasteiger partial charge >= 0.3 is 5.97 Å². The van der Waals surface area contributed by atoms with Gasteiger partial charge in [-0.1, -0.05) is 13.3 Å². The minimum absolute atomic E-state index is 0.260. The van der Waals surface area contributed by atoms with Crippen molar-refractivity contribution in [3.63, 3.8) is 0 Å². The highest BCUT2D eigenvalue weighted by Crippen LogP contribution is 2.17. The second-order valence-electron chi connectivity index (χ2n) is 7.22. The third-order valence-corrected chi connectivity index (χ3v) is 4.53. The van der Waals surface area contributed by atoms with Gasteiger partial charge in [-0.15, -0.1) is 0 Å². The SMILES string of the molecule is CCCCOc1ccc(C(=O)Oc2ccc(/C=N\NC(=O)COc3ccc(F)cc3)cc2)cc1. The van der Waals surface area contributed by atoms with E-state index in [0.717, 1.165) is 12.8 Å². The van der Waals surface area contributed by atoms with Crippen molar-refractivity contribution in [1.82, 2.24) is 5.43 Å². The van der Waals surface area contributed by atoms with Crippen LogP contribution in [0, 0.1) is 5.82 Å². The van der Waals surface area contributed by atoms with Crippen LogP contribution in [0.4, 0.5) is 4.39 Å². The Balaban J connectivity index is 1.43. The van der Waals surface area contributed by atoms with E-state index in [1.54, 1.807) is 48.5 Å². The van der Waals surface area contributed by atoms with Gasteiger partial charge in [0.1, 0.15) is 23.1 Å². The van der Waals surface area contributed by atoms with E-state index in [2.05, 4.69) is 17.5 Å². The van der Waals surface area contributed by atoms with Crippen LogP contribution in [0.2, 0.25) is 0 Å². The van der Waals surface area contributed by atoms with Crippen molar-refractivity contribution in [2.75, 3.05) is 13.2 Å². The maximum absolute atomic E-state index is 12.9. The van der Waals surface area contributed by atoms with E-state index in [0.29, 0.717) is 35.0 Å². The lowest BCUT2D eigenvalue weighted by molar-refractivity contribution is -0.123. The van der Waals surface area contributed by atoms with Gasteiger partial charge in [0.05, 0.1) is 18.4 Å². The molecule has 3 rings (SSSR count). The molecule has 0 fully saturated rings. The highest BCUT2D eigenvalue weighted by molar-refractivity contribution is 5.91. The predicted octanol–water partition coefficient (Wildman–Crippen LogP) is 4.75.